The zero-order chi connectivity index (χ0) is 16.2. The molecular formula is C17H13N3O3. The van der Waals surface area contributed by atoms with Gasteiger partial charge in [0.05, 0.1) is 0 Å². The summed E-state index contributed by atoms with van der Waals surface area (Å²) < 4.78 is 0. The first-order valence-electron chi connectivity index (χ1n) is 6.93. The monoisotopic (exact) mass is 307 g/mol. The van der Waals surface area contributed by atoms with Crippen molar-refractivity contribution in [2.45, 2.75) is 0 Å². The van der Waals surface area contributed by atoms with Crippen LogP contribution in [0.2, 0.25) is 0 Å². The summed E-state index contributed by atoms with van der Waals surface area (Å²) in [4.78, 5) is 39.1. The molecule has 3 aromatic rings. The van der Waals surface area contributed by atoms with Gasteiger partial charge in [0.25, 0.3) is 11.8 Å². The van der Waals surface area contributed by atoms with E-state index in [4.69, 9.17) is 0 Å². The molecule has 2 amide bonds. The normalized spacial score (nSPS) is 10.3. The van der Waals surface area contributed by atoms with Crippen LogP contribution in [0.4, 0.5) is 0 Å². The maximum absolute atomic E-state index is 12.3. The molecule has 0 atom stereocenters. The summed E-state index contributed by atoms with van der Waals surface area (Å²) in [6.07, 6.45) is 1.33. The summed E-state index contributed by atoms with van der Waals surface area (Å²) in [5.41, 5.74) is 5.10. The number of H-pyrrole nitrogens is 1. The minimum absolute atomic E-state index is 0.0722. The molecule has 6 nitrogen and oxygen atoms in total. The lowest BCUT2D eigenvalue weighted by molar-refractivity contribution is 0.0846. The first kappa shape index (κ1) is 14.5. The Morgan fingerprint density at radius 3 is 2.26 bits per heavy atom. The van der Waals surface area contributed by atoms with Crippen molar-refractivity contribution < 1.29 is 9.59 Å². The number of carbonyl (C=O) groups excluding carboxylic acids is 2. The van der Waals surface area contributed by atoms with E-state index in [2.05, 4.69) is 15.8 Å². The Labute approximate surface area is 131 Å². The van der Waals surface area contributed by atoms with Crippen LogP contribution in [0.15, 0.2) is 65.6 Å². The van der Waals surface area contributed by atoms with Gasteiger partial charge in [-0.15, -0.1) is 0 Å². The van der Waals surface area contributed by atoms with Gasteiger partial charge in [-0.25, -0.2) is 0 Å². The fraction of sp³-hybridized carbons (Fsp3) is 0. The predicted octanol–water partition coefficient (Wildman–Crippen LogP) is 1.60. The number of hydrogen-bond acceptors (Lipinski definition) is 3. The average Bonchev–Trinajstić information content (AvgIpc) is 2.60. The molecule has 0 aliphatic carbocycles. The van der Waals surface area contributed by atoms with Gasteiger partial charge in [-0.2, -0.15) is 0 Å². The van der Waals surface area contributed by atoms with Crippen LogP contribution in [-0.4, -0.2) is 16.8 Å². The van der Waals surface area contributed by atoms with E-state index in [0.717, 1.165) is 0 Å². The van der Waals surface area contributed by atoms with Gasteiger partial charge in [-0.05, 0) is 24.3 Å². The quantitative estimate of drug-likeness (QED) is 0.628. The smallest absolute Gasteiger partial charge is 0.275 e. The average molecular weight is 307 g/mol. The summed E-state index contributed by atoms with van der Waals surface area (Å²) in [6.45, 7) is 0. The lowest BCUT2D eigenvalue weighted by Crippen LogP contribution is -2.43. The first-order chi connectivity index (χ1) is 11.2. The van der Waals surface area contributed by atoms with Crippen molar-refractivity contribution in [2.24, 2.45) is 0 Å². The van der Waals surface area contributed by atoms with Crippen molar-refractivity contribution in [2.75, 3.05) is 0 Å². The van der Waals surface area contributed by atoms with Crippen LogP contribution in [0.25, 0.3) is 10.9 Å². The number of aromatic amines is 1. The fourth-order valence-corrected chi connectivity index (χ4v) is 2.18. The van der Waals surface area contributed by atoms with Gasteiger partial charge >= 0.3 is 0 Å². The second-order valence-electron chi connectivity index (χ2n) is 4.85. The van der Waals surface area contributed by atoms with Gasteiger partial charge in [-0.1, -0.05) is 30.3 Å². The van der Waals surface area contributed by atoms with Crippen LogP contribution in [0.5, 0.6) is 0 Å². The molecular weight excluding hydrogens is 294 g/mol. The van der Waals surface area contributed by atoms with Crippen molar-refractivity contribution in [3.8, 4) is 0 Å². The maximum Gasteiger partial charge on any atom is 0.275 e. The van der Waals surface area contributed by atoms with E-state index in [0.29, 0.717) is 16.5 Å². The molecule has 2 aromatic carbocycles. The number of para-hydroxylation sites is 1. The number of nitrogens with one attached hydrogen (secondary N) is 3. The topological polar surface area (TPSA) is 91.1 Å². The molecule has 0 aliphatic rings. The van der Waals surface area contributed by atoms with E-state index in [1.807, 2.05) is 0 Å². The highest BCUT2D eigenvalue weighted by Crippen LogP contribution is 2.06. The Morgan fingerprint density at radius 2 is 1.48 bits per heavy atom. The zero-order valence-electron chi connectivity index (χ0n) is 12.0. The minimum atomic E-state index is -0.679. The summed E-state index contributed by atoms with van der Waals surface area (Å²) >= 11 is 0. The molecule has 23 heavy (non-hydrogen) atoms. The molecule has 114 valence electrons. The van der Waals surface area contributed by atoms with E-state index in [1.54, 1.807) is 54.6 Å². The van der Waals surface area contributed by atoms with E-state index < -0.39 is 17.2 Å². The van der Waals surface area contributed by atoms with Gasteiger partial charge in [0.15, 0.2) is 0 Å². The van der Waals surface area contributed by atoms with Crippen LogP contribution >= 0.6 is 0 Å². The SMILES string of the molecule is O=C(NNC(=O)c1c[nH]c2ccccc2c1=O)c1ccccc1. The Bertz CT molecular complexity index is 932. The Kier molecular flexibility index (Phi) is 3.88. The number of fused-ring (bicyclic) bond motifs is 1. The van der Waals surface area contributed by atoms with E-state index in [-0.39, 0.29) is 5.56 Å². The van der Waals surface area contributed by atoms with E-state index >= 15 is 0 Å². The van der Waals surface area contributed by atoms with Gasteiger partial charge in [0, 0.05) is 22.7 Å². The molecule has 0 unspecified atom stereocenters. The maximum atomic E-state index is 12.3. The highest BCUT2D eigenvalue weighted by Gasteiger charge is 2.13. The minimum Gasteiger partial charge on any atom is -0.360 e. The summed E-state index contributed by atoms with van der Waals surface area (Å²) in [5.74, 6) is -1.14. The van der Waals surface area contributed by atoms with E-state index in [1.165, 1.54) is 6.20 Å². The predicted molar refractivity (Wildman–Crippen MR) is 85.9 cm³/mol. The van der Waals surface area contributed by atoms with Crippen molar-refractivity contribution in [1.29, 1.82) is 0 Å². The molecule has 1 aromatic heterocycles. The molecule has 0 aliphatic heterocycles. The van der Waals surface area contributed by atoms with Gasteiger partial charge in [-0.3, -0.25) is 25.2 Å². The third kappa shape index (κ3) is 2.96. The molecule has 0 radical (unpaired) electrons. The van der Waals surface area contributed by atoms with Gasteiger partial charge in [0.1, 0.15) is 5.56 Å². The van der Waals surface area contributed by atoms with Crippen LogP contribution in [0, 0.1) is 0 Å². The molecule has 0 spiro atoms. The van der Waals surface area contributed by atoms with Crippen LogP contribution in [-0.2, 0) is 0 Å². The fourth-order valence-electron chi connectivity index (χ4n) is 2.18. The number of aromatic nitrogens is 1. The Hall–Kier alpha value is -3.41. The van der Waals surface area contributed by atoms with Crippen LogP contribution < -0.4 is 16.3 Å². The van der Waals surface area contributed by atoms with Crippen molar-refractivity contribution in [3.05, 3.63) is 82.1 Å². The number of pyridine rings is 1. The molecule has 0 fully saturated rings. The molecule has 3 rings (SSSR count). The zero-order valence-corrected chi connectivity index (χ0v) is 12.0. The van der Waals surface area contributed by atoms with Crippen LogP contribution in [0.3, 0.4) is 0 Å². The molecule has 0 bridgehead atoms. The highest BCUT2D eigenvalue weighted by molar-refractivity contribution is 6.00. The number of amides is 2. The standard InChI is InChI=1S/C17H13N3O3/c21-15-12-8-4-5-9-14(12)18-10-13(15)17(23)20-19-16(22)11-6-2-1-3-7-11/h1-10H,(H,18,21)(H,19,22)(H,20,23). The largest absolute Gasteiger partial charge is 0.360 e. The number of hydrazine groups is 1. The van der Waals surface area contributed by atoms with Gasteiger partial charge in [0.2, 0.25) is 5.43 Å². The number of carbonyl (C=O) groups is 2. The van der Waals surface area contributed by atoms with Crippen molar-refractivity contribution in [1.82, 2.24) is 15.8 Å². The first-order valence-corrected chi connectivity index (χ1v) is 6.93. The van der Waals surface area contributed by atoms with Crippen LogP contribution in [0.1, 0.15) is 20.7 Å². The summed E-state index contributed by atoms with van der Waals surface area (Å²) in [7, 11) is 0. The second-order valence-corrected chi connectivity index (χ2v) is 4.85. The number of benzene rings is 2. The highest BCUT2D eigenvalue weighted by atomic mass is 16.2. The summed E-state index contributed by atoms with van der Waals surface area (Å²) in [5, 5.41) is 0.412. The lowest BCUT2D eigenvalue weighted by Gasteiger charge is -2.07. The van der Waals surface area contributed by atoms with Gasteiger partial charge < -0.3 is 4.98 Å². The molecule has 0 saturated heterocycles. The molecule has 6 heteroatoms. The van der Waals surface area contributed by atoms with Crippen molar-refractivity contribution in [3.63, 3.8) is 0 Å². The third-order valence-electron chi connectivity index (χ3n) is 3.36. The Balaban J connectivity index is 1.78. The van der Waals surface area contributed by atoms with E-state index in [9.17, 15) is 14.4 Å². The third-order valence-corrected chi connectivity index (χ3v) is 3.36. The summed E-state index contributed by atoms with van der Waals surface area (Å²) in [6, 6.07) is 15.3. The molecule has 1 heterocycles. The van der Waals surface area contributed by atoms with Crippen molar-refractivity contribution >= 4 is 22.7 Å². The number of hydrogen-bond donors (Lipinski definition) is 3. The molecule has 3 N–H and O–H groups in total. The second kappa shape index (κ2) is 6.15. The molecule has 0 saturated carbocycles. The Morgan fingerprint density at radius 1 is 0.826 bits per heavy atom. The number of rotatable bonds is 2. The lowest BCUT2D eigenvalue weighted by atomic mass is 10.1.